The molecule has 0 fully saturated rings. The Kier molecular flexibility index (Phi) is 3.76. The average molecular weight is 365 g/mol. The first kappa shape index (κ1) is 13.8. The molecule has 0 saturated carbocycles. The second kappa shape index (κ2) is 5.71. The molecule has 0 atom stereocenters. The lowest BCUT2D eigenvalue weighted by molar-refractivity contribution is 0.0834. The zero-order valence-corrected chi connectivity index (χ0v) is 13.0. The van der Waals surface area contributed by atoms with Crippen molar-refractivity contribution in [1.29, 1.82) is 0 Å². The molecule has 0 aliphatic heterocycles. The predicted molar refractivity (Wildman–Crippen MR) is 83.2 cm³/mol. The van der Waals surface area contributed by atoms with Crippen LogP contribution in [0.15, 0.2) is 50.7 Å². The third-order valence-corrected chi connectivity index (χ3v) is 4.36. The number of carbonyl (C=O) groups excluding carboxylic acids is 2. The van der Waals surface area contributed by atoms with E-state index in [0.29, 0.717) is 10.5 Å². The normalized spacial score (nSPS) is 10.5. The summed E-state index contributed by atoms with van der Waals surface area (Å²) in [6.45, 7) is 0. The van der Waals surface area contributed by atoms with Gasteiger partial charge in [-0.3, -0.25) is 20.4 Å². The van der Waals surface area contributed by atoms with Gasteiger partial charge in [0.1, 0.15) is 5.58 Å². The van der Waals surface area contributed by atoms with Crippen molar-refractivity contribution in [1.82, 2.24) is 10.9 Å². The Morgan fingerprint density at radius 3 is 2.52 bits per heavy atom. The zero-order valence-electron chi connectivity index (χ0n) is 10.6. The molecule has 3 rings (SSSR count). The molecular weight excluding hydrogens is 356 g/mol. The monoisotopic (exact) mass is 364 g/mol. The van der Waals surface area contributed by atoms with Gasteiger partial charge in [-0.05, 0) is 40.2 Å². The Labute approximate surface area is 132 Å². The van der Waals surface area contributed by atoms with Gasteiger partial charge in [-0.2, -0.15) is 0 Å². The first-order valence-electron chi connectivity index (χ1n) is 5.98. The third kappa shape index (κ3) is 2.98. The van der Waals surface area contributed by atoms with Crippen LogP contribution in [-0.4, -0.2) is 11.8 Å². The van der Waals surface area contributed by atoms with Crippen molar-refractivity contribution >= 4 is 50.1 Å². The number of para-hydroxylation sites is 1. The summed E-state index contributed by atoms with van der Waals surface area (Å²) < 4.78 is 6.25. The van der Waals surface area contributed by atoms with Crippen molar-refractivity contribution in [2.75, 3.05) is 0 Å². The minimum atomic E-state index is -0.504. The second-order valence-electron chi connectivity index (χ2n) is 4.16. The molecule has 0 aliphatic carbocycles. The van der Waals surface area contributed by atoms with E-state index in [4.69, 9.17) is 4.42 Å². The highest BCUT2D eigenvalue weighted by Gasteiger charge is 2.14. The number of furan rings is 1. The zero-order chi connectivity index (χ0) is 14.8. The van der Waals surface area contributed by atoms with E-state index < -0.39 is 5.91 Å². The molecule has 1 aromatic carbocycles. The summed E-state index contributed by atoms with van der Waals surface area (Å²) in [6.07, 6.45) is 0. The first-order valence-corrected chi connectivity index (χ1v) is 7.59. The van der Waals surface area contributed by atoms with Crippen molar-refractivity contribution in [3.63, 3.8) is 0 Å². The van der Waals surface area contributed by atoms with Crippen LogP contribution in [0.5, 0.6) is 0 Å². The maximum absolute atomic E-state index is 11.9. The number of benzene rings is 1. The van der Waals surface area contributed by atoms with E-state index in [-0.39, 0.29) is 11.7 Å². The maximum atomic E-state index is 11.9. The standard InChI is InChI=1S/C14H9BrN2O3S/c15-12-6-5-11(21-12)14(19)17-16-13(18)10-7-8-3-1-2-4-9(8)20-10/h1-7H,(H,16,18)(H,17,19). The number of hydrogen-bond donors (Lipinski definition) is 2. The summed E-state index contributed by atoms with van der Waals surface area (Å²) in [5, 5.41) is 0.830. The van der Waals surface area contributed by atoms with E-state index in [0.717, 1.165) is 9.17 Å². The van der Waals surface area contributed by atoms with E-state index in [1.807, 2.05) is 18.2 Å². The van der Waals surface area contributed by atoms with Crippen LogP contribution in [0.1, 0.15) is 20.2 Å². The number of amides is 2. The minimum Gasteiger partial charge on any atom is -0.451 e. The molecule has 2 heterocycles. The Hall–Kier alpha value is -2.12. The minimum absolute atomic E-state index is 0.142. The largest absolute Gasteiger partial charge is 0.451 e. The van der Waals surface area contributed by atoms with E-state index in [2.05, 4.69) is 26.8 Å². The molecule has 21 heavy (non-hydrogen) atoms. The van der Waals surface area contributed by atoms with Crippen LogP contribution in [0.4, 0.5) is 0 Å². The topological polar surface area (TPSA) is 71.3 Å². The van der Waals surface area contributed by atoms with Gasteiger partial charge in [0.25, 0.3) is 5.91 Å². The summed E-state index contributed by atoms with van der Waals surface area (Å²) in [4.78, 5) is 24.2. The molecular formula is C14H9BrN2O3S. The number of carbonyl (C=O) groups is 2. The van der Waals surface area contributed by atoms with Crippen LogP contribution in [0.3, 0.4) is 0 Å². The van der Waals surface area contributed by atoms with E-state index >= 15 is 0 Å². The van der Waals surface area contributed by atoms with Gasteiger partial charge in [0.05, 0.1) is 8.66 Å². The lowest BCUT2D eigenvalue weighted by Gasteiger charge is -2.03. The fraction of sp³-hybridized carbons (Fsp3) is 0. The molecule has 0 aliphatic rings. The molecule has 0 saturated heterocycles. The van der Waals surface area contributed by atoms with Crippen LogP contribution in [0.2, 0.25) is 0 Å². The number of fused-ring (bicyclic) bond motifs is 1. The van der Waals surface area contributed by atoms with E-state index in [1.54, 1.807) is 24.3 Å². The van der Waals surface area contributed by atoms with Gasteiger partial charge in [-0.25, -0.2) is 0 Å². The molecule has 3 aromatic rings. The Morgan fingerprint density at radius 1 is 1.05 bits per heavy atom. The Balaban J connectivity index is 1.67. The lowest BCUT2D eigenvalue weighted by atomic mass is 10.2. The van der Waals surface area contributed by atoms with Crippen molar-refractivity contribution in [2.24, 2.45) is 0 Å². The summed E-state index contributed by atoms with van der Waals surface area (Å²) in [5.41, 5.74) is 5.29. The summed E-state index contributed by atoms with van der Waals surface area (Å²) in [6, 6.07) is 12.3. The molecule has 106 valence electrons. The van der Waals surface area contributed by atoms with Gasteiger partial charge in [-0.15, -0.1) is 11.3 Å². The van der Waals surface area contributed by atoms with Crippen LogP contribution < -0.4 is 10.9 Å². The molecule has 2 amide bonds. The average Bonchev–Trinajstić information content (AvgIpc) is 3.10. The lowest BCUT2D eigenvalue weighted by Crippen LogP contribution is -2.41. The smallest absolute Gasteiger partial charge is 0.305 e. The Bertz CT molecular complexity index is 791. The number of halogens is 1. The SMILES string of the molecule is O=C(NNC(=O)c1ccc(Br)s1)c1cc2ccccc2o1. The Morgan fingerprint density at radius 2 is 1.81 bits per heavy atom. The van der Waals surface area contributed by atoms with Crippen molar-refractivity contribution in [2.45, 2.75) is 0 Å². The molecule has 0 unspecified atom stereocenters. The fourth-order valence-corrected chi connectivity index (χ4v) is 3.05. The van der Waals surface area contributed by atoms with Gasteiger partial charge in [0, 0.05) is 5.39 Å². The number of thiophene rings is 1. The predicted octanol–water partition coefficient (Wildman–Crippen LogP) is 3.33. The second-order valence-corrected chi connectivity index (χ2v) is 6.62. The van der Waals surface area contributed by atoms with Crippen molar-refractivity contribution in [3.8, 4) is 0 Å². The first-order chi connectivity index (χ1) is 10.1. The highest BCUT2D eigenvalue weighted by Crippen LogP contribution is 2.21. The van der Waals surface area contributed by atoms with Crippen molar-refractivity contribution in [3.05, 3.63) is 56.9 Å². The van der Waals surface area contributed by atoms with Gasteiger partial charge in [0.2, 0.25) is 0 Å². The molecule has 0 radical (unpaired) electrons. The summed E-state index contributed by atoms with van der Waals surface area (Å²) in [7, 11) is 0. The number of rotatable bonds is 2. The van der Waals surface area contributed by atoms with Crippen LogP contribution in [0, 0.1) is 0 Å². The molecule has 0 spiro atoms. The molecule has 2 aromatic heterocycles. The quantitative estimate of drug-likeness (QED) is 0.685. The number of hydrazine groups is 1. The fourth-order valence-electron chi connectivity index (χ4n) is 1.77. The van der Waals surface area contributed by atoms with Crippen LogP contribution in [-0.2, 0) is 0 Å². The third-order valence-electron chi connectivity index (χ3n) is 2.74. The van der Waals surface area contributed by atoms with Gasteiger partial charge < -0.3 is 4.42 Å². The molecule has 7 heteroatoms. The van der Waals surface area contributed by atoms with Gasteiger partial charge in [0.15, 0.2) is 5.76 Å². The highest BCUT2D eigenvalue weighted by atomic mass is 79.9. The van der Waals surface area contributed by atoms with Crippen LogP contribution >= 0.6 is 27.3 Å². The highest BCUT2D eigenvalue weighted by molar-refractivity contribution is 9.11. The maximum Gasteiger partial charge on any atom is 0.305 e. The molecule has 0 bridgehead atoms. The summed E-state index contributed by atoms with van der Waals surface area (Å²) in [5.74, 6) is -0.741. The van der Waals surface area contributed by atoms with Crippen molar-refractivity contribution < 1.29 is 14.0 Å². The van der Waals surface area contributed by atoms with E-state index in [9.17, 15) is 9.59 Å². The van der Waals surface area contributed by atoms with Gasteiger partial charge >= 0.3 is 5.91 Å². The molecule has 2 N–H and O–H groups in total. The summed E-state index contributed by atoms with van der Waals surface area (Å²) >= 11 is 4.55. The van der Waals surface area contributed by atoms with Crippen LogP contribution in [0.25, 0.3) is 11.0 Å². The number of hydrogen-bond acceptors (Lipinski definition) is 4. The van der Waals surface area contributed by atoms with Gasteiger partial charge in [-0.1, -0.05) is 18.2 Å². The molecule has 5 nitrogen and oxygen atoms in total. The van der Waals surface area contributed by atoms with E-state index in [1.165, 1.54) is 11.3 Å². The number of nitrogens with one attached hydrogen (secondary N) is 2.